The molecule has 3 aromatic carbocycles. The molecule has 0 saturated carbocycles. The van der Waals surface area contributed by atoms with Crippen molar-refractivity contribution in [2.24, 2.45) is 0 Å². The van der Waals surface area contributed by atoms with E-state index in [9.17, 15) is 4.79 Å². The third kappa shape index (κ3) is 3.99. The van der Waals surface area contributed by atoms with Crippen LogP contribution in [0, 0.1) is 6.92 Å². The third-order valence-corrected chi connectivity index (χ3v) is 6.01. The zero-order chi connectivity index (χ0) is 21.4. The van der Waals surface area contributed by atoms with Crippen molar-refractivity contribution in [1.29, 1.82) is 0 Å². The van der Waals surface area contributed by atoms with Gasteiger partial charge in [0, 0.05) is 21.7 Å². The van der Waals surface area contributed by atoms with Crippen molar-refractivity contribution in [3.05, 3.63) is 91.9 Å². The Hall–Kier alpha value is -2.30. The summed E-state index contributed by atoms with van der Waals surface area (Å²) < 4.78 is 0. The SMILES string of the molecule is Cc1c(-c2ccc(Cl)cc2Cl)nc2ccccc2c1C(=O)Nc1ccc(Cl)c(Cl)c1. The van der Waals surface area contributed by atoms with Gasteiger partial charge < -0.3 is 5.32 Å². The highest BCUT2D eigenvalue weighted by Gasteiger charge is 2.20. The molecule has 4 aromatic rings. The Labute approximate surface area is 193 Å². The lowest BCUT2D eigenvalue weighted by Crippen LogP contribution is -2.15. The lowest BCUT2D eigenvalue weighted by atomic mass is 9.97. The van der Waals surface area contributed by atoms with Crippen LogP contribution in [0.2, 0.25) is 20.1 Å². The van der Waals surface area contributed by atoms with Gasteiger partial charge in [0.1, 0.15) is 0 Å². The second kappa shape index (κ2) is 8.44. The van der Waals surface area contributed by atoms with Gasteiger partial charge in [0.2, 0.25) is 0 Å². The maximum atomic E-state index is 13.3. The number of anilines is 1. The van der Waals surface area contributed by atoms with Crippen LogP contribution < -0.4 is 5.32 Å². The number of nitrogens with one attached hydrogen (secondary N) is 1. The van der Waals surface area contributed by atoms with E-state index < -0.39 is 0 Å². The van der Waals surface area contributed by atoms with E-state index >= 15 is 0 Å². The number of para-hydroxylation sites is 1. The number of amides is 1. The van der Waals surface area contributed by atoms with Crippen LogP contribution in [0.5, 0.6) is 0 Å². The number of carbonyl (C=O) groups is 1. The molecule has 1 heterocycles. The Bertz CT molecular complexity index is 1300. The Balaban J connectivity index is 1.88. The van der Waals surface area contributed by atoms with Gasteiger partial charge in [-0.1, -0.05) is 64.6 Å². The molecule has 0 atom stereocenters. The summed E-state index contributed by atoms with van der Waals surface area (Å²) >= 11 is 24.5. The minimum atomic E-state index is -0.282. The zero-order valence-corrected chi connectivity index (χ0v) is 18.7. The van der Waals surface area contributed by atoms with E-state index in [1.165, 1.54) is 0 Å². The van der Waals surface area contributed by atoms with Gasteiger partial charge in [-0.3, -0.25) is 4.79 Å². The lowest BCUT2D eigenvalue weighted by molar-refractivity contribution is 0.102. The molecular formula is C23H14Cl4N2O. The molecule has 1 N–H and O–H groups in total. The van der Waals surface area contributed by atoms with Gasteiger partial charge in [-0.05, 0) is 55.0 Å². The second-order valence-electron chi connectivity index (χ2n) is 6.68. The van der Waals surface area contributed by atoms with E-state index in [0.717, 1.165) is 5.39 Å². The number of halogens is 4. The van der Waals surface area contributed by atoms with Crippen LogP contribution in [0.3, 0.4) is 0 Å². The Morgan fingerprint density at radius 3 is 2.37 bits per heavy atom. The lowest BCUT2D eigenvalue weighted by Gasteiger charge is -2.16. The van der Waals surface area contributed by atoms with E-state index in [0.29, 0.717) is 53.7 Å². The second-order valence-corrected chi connectivity index (χ2v) is 8.34. The number of nitrogens with zero attached hydrogens (tertiary/aromatic N) is 1. The highest BCUT2D eigenvalue weighted by molar-refractivity contribution is 6.42. The average Bonchev–Trinajstić information content (AvgIpc) is 2.70. The first-order chi connectivity index (χ1) is 14.3. The third-order valence-electron chi connectivity index (χ3n) is 4.73. The van der Waals surface area contributed by atoms with Gasteiger partial charge in [0.15, 0.2) is 0 Å². The van der Waals surface area contributed by atoms with Crippen molar-refractivity contribution in [2.75, 3.05) is 5.32 Å². The van der Waals surface area contributed by atoms with Crippen molar-refractivity contribution in [2.45, 2.75) is 6.92 Å². The van der Waals surface area contributed by atoms with Crippen LogP contribution in [0.25, 0.3) is 22.2 Å². The largest absolute Gasteiger partial charge is 0.322 e. The molecule has 3 nitrogen and oxygen atoms in total. The Morgan fingerprint density at radius 2 is 1.63 bits per heavy atom. The fraction of sp³-hybridized carbons (Fsp3) is 0.0435. The van der Waals surface area contributed by atoms with Crippen molar-refractivity contribution >= 4 is 68.9 Å². The quantitative estimate of drug-likeness (QED) is 0.325. The molecule has 0 spiro atoms. The molecule has 1 amide bonds. The molecule has 0 bridgehead atoms. The smallest absolute Gasteiger partial charge is 0.256 e. The zero-order valence-electron chi connectivity index (χ0n) is 15.6. The van der Waals surface area contributed by atoms with Crippen LogP contribution in [-0.2, 0) is 0 Å². The monoisotopic (exact) mass is 474 g/mol. The molecular weight excluding hydrogens is 462 g/mol. The molecule has 0 unspecified atom stereocenters. The summed E-state index contributed by atoms with van der Waals surface area (Å²) in [6, 6.07) is 17.6. The number of fused-ring (bicyclic) bond motifs is 1. The van der Waals surface area contributed by atoms with Gasteiger partial charge in [-0.15, -0.1) is 0 Å². The molecule has 0 aliphatic rings. The van der Waals surface area contributed by atoms with E-state index in [1.54, 1.807) is 36.4 Å². The van der Waals surface area contributed by atoms with E-state index in [1.807, 2.05) is 31.2 Å². The number of hydrogen-bond donors (Lipinski definition) is 1. The summed E-state index contributed by atoms with van der Waals surface area (Å²) in [6.07, 6.45) is 0. The number of carbonyl (C=O) groups excluding carboxylic acids is 1. The topological polar surface area (TPSA) is 42.0 Å². The first-order valence-electron chi connectivity index (χ1n) is 8.96. The Kier molecular flexibility index (Phi) is 5.90. The summed E-state index contributed by atoms with van der Waals surface area (Å²) in [5, 5.41) is 5.40. The molecule has 0 aliphatic carbocycles. The van der Waals surface area contributed by atoms with Crippen LogP contribution >= 0.6 is 46.4 Å². The van der Waals surface area contributed by atoms with Crippen LogP contribution in [-0.4, -0.2) is 10.9 Å². The number of hydrogen-bond acceptors (Lipinski definition) is 2. The van der Waals surface area contributed by atoms with Crippen molar-refractivity contribution < 1.29 is 4.79 Å². The molecule has 0 radical (unpaired) electrons. The molecule has 0 saturated heterocycles. The van der Waals surface area contributed by atoms with Crippen LogP contribution in [0.15, 0.2) is 60.7 Å². The number of rotatable bonds is 3. The fourth-order valence-electron chi connectivity index (χ4n) is 3.31. The van der Waals surface area contributed by atoms with Crippen molar-refractivity contribution in [3.63, 3.8) is 0 Å². The summed E-state index contributed by atoms with van der Waals surface area (Å²) in [5.41, 5.74) is 3.76. The van der Waals surface area contributed by atoms with Crippen LogP contribution in [0.1, 0.15) is 15.9 Å². The first-order valence-corrected chi connectivity index (χ1v) is 10.5. The predicted molar refractivity (Wildman–Crippen MR) is 126 cm³/mol. The average molecular weight is 476 g/mol. The molecule has 0 aliphatic heterocycles. The summed E-state index contributed by atoms with van der Waals surface area (Å²) in [7, 11) is 0. The maximum Gasteiger partial charge on any atom is 0.256 e. The van der Waals surface area contributed by atoms with Gasteiger partial charge >= 0.3 is 0 Å². The molecule has 150 valence electrons. The molecule has 4 rings (SSSR count). The summed E-state index contributed by atoms with van der Waals surface area (Å²) in [4.78, 5) is 18.1. The highest BCUT2D eigenvalue weighted by atomic mass is 35.5. The van der Waals surface area contributed by atoms with E-state index in [-0.39, 0.29) is 5.91 Å². The molecule has 7 heteroatoms. The van der Waals surface area contributed by atoms with Crippen molar-refractivity contribution in [1.82, 2.24) is 4.98 Å². The van der Waals surface area contributed by atoms with E-state index in [2.05, 4.69) is 5.32 Å². The number of aromatic nitrogens is 1. The summed E-state index contributed by atoms with van der Waals surface area (Å²) in [6.45, 7) is 1.85. The molecule has 30 heavy (non-hydrogen) atoms. The Morgan fingerprint density at radius 1 is 0.867 bits per heavy atom. The van der Waals surface area contributed by atoms with Gasteiger partial charge in [-0.25, -0.2) is 4.98 Å². The predicted octanol–water partition coefficient (Wildman–Crippen LogP) is 8.08. The van der Waals surface area contributed by atoms with E-state index in [4.69, 9.17) is 51.4 Å². The van der Waals surface area contributed by atoms with Crippen molar-refractivity contribution in [3.8, 4) is 11.3 Å². The maximum absolute atomic E-state index is 13.3. The molecule has 0 fully saturated rings. The first kappa shape index (κ1) is 21.0. The number of pyridine rings is 1. The number of benzene rings is 3. The van der Waals surface area contributed by atoms with Gasteiger partial charge in [-0.2, -0.15) is 0 Å². The fourth-order valence-corrected chi connectivity index (χ4v) is 4.11. The minimum absolute atomic E-state index is 0.282. The standard InChI is InChI=1S/C23H14Cl4N2O/c1-12-21(23(30)28-14-7-9-17(25)19(27)11-14)16-4-2-3-5-20(16)29-22(12)15-8-6-13(24)10-18(15)26/h2-11H,1H3,(H,28,30). The normalized spacial score (nSPS) is 11.0. The minimum Gasteiger partial charge on any atom is -0.322 e. The highest BCUT2D eigenvalue weighted by Crippen LogP contribution is 2.35. The van der Waals surface area contributed by atoms with Gasteiger partial charge in [0.25, 0.3) is 5.91 Å². The van der Waals surface area contributed by atoms with Gasteiger partial charge in [0.05, 0.1) is 31.8 Å². The van der Waals surface area contributed by atoms with Crippen LogP contribution in [0.4, 0.5) is 5.69 Å². The summed E-state index contributed by atoms with van der Waals surface area (Å²) in [5.74, 6) is -0.282. The molecule has 1 aromatic heterocycles.